The van der Waals surface area contributed by atoms with Crippen LogP contribution in [0.4, 0.5) is 18.9 Å². The largest absolute Gasteiger partial charge is 0.416 e. The van der Waals surface area contributed by atoms with E-state index in [2.05, 4.69) is 32.1 Å². The smallest absolute Gasteiger partial charge is 0.322 e. The molecule has 0 bridgehead atoms. The van der Waals surface area contributed by atoms with Crippen LogP contribution in [0.5, 0.6) is 0 Å². The van der Waals surface area contributed by atoms with Gasteiger partial charge in [0, 0.05) is 48.7 Å². The van der Waals surface area contributed by atoms with E-state index >= 15 is 0 Å². The molecule has 1 aliphatic rings. The van der Waals surface area contributed by atoms with Crippen molar-refractivity contribution >= 4 is 17.2 Å². The fraction of sp³-hybridized carbons (Fsp3) is 0.344. The van der Waals surface area contributed by atoms with E-state index in [1.807, 2.05) is 45.8 Å². The Kier molecular flexibility index (Phi) is 9.66. The van der Waals surface area contributed by atoms with Gasteiger partial charge in [-0.25, -0.2) is 9.50 Å². The number of aromatic nitrogens is 3. The fourth-order valence-corrected chi connectivity index (χ4v) is 4.82. The van der Waals surface area contributed by atoms with E-state index in [9.17, 15) is 18.0 Å². The van der Waals surface area contributed by atoms with Crippen LogP contribution >= 0.6 is 0 Å². The van der Waals surface area contributed by atoms with Crippen LogP contribution in [0.15, 0.2) is 60.9 Å². The lowest BCUT2D eigenvalue weighted by atomic mass is 10.0. The number of halogens is 3. The van der Waals surface area contributed by atoms with Crippen molar-refractivity contribution in [2.75, 3.05) is 32.5 Å². The van der Waals surface area contributed by atoms with Gasteiger partial charge in [0.25, 0.3) is 5.91 Å². The van der Waals surface area contributed by atoms with Crippen LogP contribution in [0.25, 0.3) is 5.65 Å². The molecule has 1 saturated heterocycles. The number of amides is 1. The molecule has 10 heteroatoms. The molecule has 1 amide bonds. The van der Waals surface area contributed by atoms with Crippen molar-refractivity contribution in [3.63, 3.8) is 0 Å². The van der Waals surface area contributed by atoms with Gasteiger partial charge in [0.1, 0.15) is 5.69 Å². The Labute approximate surface area is 244 Å². The lowest BCUT2D eigenvalue weighted by Crippen LogP contribution is -2.31. The van der Waals surface area contributed by atoms with Crippen LogP contribution in [-0.2, 0) is 12.7 Å². The van der Waals surface area contributed by atoms with Crippen molar-refractivity contribution in [2.24, 2.45) is 0 Å². The molecule has 1 fully saturated rings. The van der Waals surface area contributed by atoms with Gasteiger partial charge in [0.15, 0.2) is 5.65 Å². The number of nitrogens with zero attached hydrogens (tertiary/aromatic N) is 5. The number of hydrogen-bond acceptors (Lipinski definition) is 5. The van der Waals surface area contributed by atoms with Crippen molar-refractivity contribution in [2.45, 2.75) is 46.0 Å². The first-order valence-electron chi connectivity index (χ1n) is 13.9. The molecule has 1 unspecified atom stereocenters. The molecule has 1 aliphatic heterocycles. The molecule has 3 heterocycles. The topological polar surface area (TPSA) is 65.8 Å². The number of aryl methyl sites for hydroxylation is 1. The summed E-state index contributed by atoms with van der Waals surface area (Å²) in [5, 5.41) is 6.86. The number of anilines is 1. The van der Waals surface area contributed by atoms with Gasteiger partial charge in [-0.15, -0.1) is 0 Å². The molecular formula is C32H35F3N6O. The summed E-state index contributed by atoms with van der Waals surface area (Å²) in [7, 11) is 3.96. The fourth-order valence-electron chi connectivity index (χ4n) is 4.82. The van der Waals surface area contributed by atoms with Gasteiger partial charge in [-0.3, -0.25) is 9.69 Å². The molecule has 0 spiro atoms. The molecule has 7 nitrogen and oxygen atoms in total. The van der Waals surface area contributed by atoms with E-state index in [-0.39, 0.29) is 23.4 Å². The molecule has 5 rings (SSSR count). The summed E-state index contributed by atoms with van der Waals surface area (Å²) in [4.78, 5) is 21.4. The number of nitrogens with one attached hydrogen (secondary N) is 1. The highest BCUT2D eigenvalue weighted by Gasteiger charge is 2.35. The number of carbonyl (C=O) groups excluding carboxylic acids is 1. The molecule has 0 saturated carbocycles. The summed E-state index contributed by atoms with van der Waals surface area (Å²) in [6.45, 7) is 7.53. The molecule has 1 N–H and O–H groups in total. The van der Waals surface area contributed by atoms with E-state index in [0.29, 0.717) is 22.9 Å². The van der Waals surface area contributed by atoms with Crippen LogP contribution in [0.1, 0.15) is 58.6 Å². The number of fused-ring (bicyclic) bond motifs is 1. The highest BCUT2D eigenvalue weighted by atomic mass is 19.4. The molecule has 0 aliphatic carbocycles. The van der Waals surface area contributed by atoms with E-state index in [1.54, 1.807) is 41.2 Å². The second-order valence-corrected chi connectivity index (χ2v) is 10.2. The molecule has 2 aromatic carbocycles. The predicted octanol–water partition coefficient (Wildman–Crippen LogP) is 5.87. The normalized spacial score (nSPS) is 15.2. The SMILES string of the molecule is CC.Cc1ccc(C(=O)Nc2ccc(CN3CCC(N(C)C)C3)c(C(F)(F)F)c2)cc1C#Cc1cnc2cccnn12. The highest BCUT2D eigenvalue weighted by molar-refractivity contribution is 6.04. The van der Waals surface area contributed by atoms with Gasteiger partial charge < -0.3 is 10.2 Å². The maximum Gasteiger partial charge on any atom is 0.416 e. The van der Waals surface area contributed by atoms with Gasteiger partial charge >= 0.3 is 6.18 Å². The average Bonchev–Trinajstić information content (AvgIpc) is 3.61. The highest BCUT2D eigenvalue weighted by Crippen LogP contribution is 2.35. The number of likely N-dealkylation sites (tertiary alicyclic amines) is 1. The zero-order valence-electron chi connectivity index (χ0n) is 24.5. The van der Waals surface area contributed by atoms with Crippen molar-refractivity contribution < 1.29 is 18.0 Å². The standard InChI is InChI=1S/C30H29F3N6O.C2H6/c1-20-6-7-22(15-21(20)9-11-25-17-34-28-5-4-13-35-39(25)28)29(40)36-24-10-8-23(27(16-24)30(31,32)33)18-38-14-12-26(19-38)37(2)3;1-2/h4-8,10,13,15-17,26H,12,14,18-19H2,1-3H3,(H,36,40);1-2H3. The second kappa shape index (κ2) is 13.2. The number of hydrogen-bond donors (Lipinski definition) is 1. The summed E-state index contributed by atoms with van der Waals surface area (Å²) in [5.74, 6) is 5.57. The van der Waals surface area contributed by atoms with Gasteiger partial charge in [-0.1, -0.05) is 31.9 Å². The molecule has 4 aromatic rings. The number of rotatable bonds is 5. The minimum absolute atomic E-state index is 0.0821. The van der Waals surface area contributed by atoms with E-state index in [4.69, 9.17) is 0 Å². The lowest BCUT2D eigenvalue weighted by Gasteiger charge is -2.22. The van der Waals surface area contributed by atoms with Crippen molar-refractivity contribution in [1.29, 1.82) is 0 Å². The first kappa shape index (κ1) is 30.8. The molecule has 0 radical (unpaired) electrons. The maximum absolute atomic E-state index is 14.0. The van der Waals surface area contributed by atoms with Gasteiger partial charge in [-0.05, 0) is 80.9 Å². The molecular weight excluding hydrogens is 541 g/mol. The summed E-state index contributed by atoms with van der Waals surface area (Å²) in [5.41, 5.74) is 2.55. The number of carbonyl (C=O) groups is 1. The molecule has 42 heavy (non-hydrogen) atoms. The first-order chi connectivity index (χ1) is 20.1. The molecule has 1 atom stereocenters. The van der Waals surface area contributed by atoms with E-state index < -0.39 is 17.6 Å². The average molecular weight is 577 g/mol. The molecule has 220 valence electrons. The summed E-state index contributed by atoms with van der Waals surface area (Å²) >= 11 is 0. The van der Waals surface area contributed by atoms with Crippen LogP contribution in [0.3, 0.4) is 0 Å². The zero-order chi connectivity index (χ0) is 30.4. The van der Waals surface area contributed by atoms with E-state index in [0.717, 1.165) is 31.1 Å². The maximum atomic E-state index is 14.0. The van der Waals surface area contributed by atoms with Crippen molar-refractivity contribution in [3.05, 3.63) is 94.4 Å². The third-order valence-electron chi connectivity index (χ3n) is 7.15. The predicted molar refractivity (Wildman–Crippen MR) is 158 cm³/mol. The monoisotopic (exact) mass is 576 g/mol. The Morgan fingerprint density at radius 1 is 1.12 bits per heavy atom. The van der Waals surface area contributed by atoms with Crippen LogP contribution < -0.4 is 5.32 Å². The number of alkyl halides is 3. The van der Waals surface area contributed by atoms with Gasteiger partial charge in [0.2, 0.25) is 0 Å². The van der Waals surface area contributed by atoms with Crippen molar-refractivity contribution in [3.8, 4) is 11.8 Å². The molecule has 2 aromatic heterocycles. The van der Waals surface area contributed by atoms with Crippen LogP contribution in [0.2, 0.25) is 0 Å². The third kappa shape index (κ3) is 7.16. The summed E-state index contributed by atoms with van der Waals surface area (Å²) < 4.78 is 43.6. The Balaban J connectivity index is 0.00000198. The minimum atomic E-state index is -4.55. The Morgan fingerprint density at radius 3 is 2.62 bits per heavy atom. The lowest BCUT2D eigenvalue weighted by molar-refractivity contribution is -0.138. The summed E-state index contributed by atoms with van der Waals surface area (Å²) in [6, 6.07) is 12.9. The third-order valence-corrected chi connectivity index (χ3v) is 7.15. The van der Waals surface area contributed by atoms with Gasteiger partial charge in [-0.2, -0.15) is 18.3 Å². The first-order valence-corrected chi connectivity index (χ1v) is 13.9. The Morgan fingerprint density at radius 2 is 1.90 bits per heavy atom. The second-order valence-electron chi connectivity index (χ2n) is 10.2. The number of likely N-dealkylation sites (N-methyl/N-ethyl adjacent to an activating group) is 1. The van der Waals surface area contributed by atoms with Crippen LogP contribution in [-0.4, -0.2) is 63.5 Å². The Hall–Kier alpha value is -4.20. The minimum Gasteiger partial charge on any atom is -0.322 e. The van der Waals surface area contributed by atoms with Gasteiger partial charge in [0.05, 0.1) is 11.8 Å². The van der Waals surface area contributed by atoms with Crippen molar-refractivity contribution in [1.82, 2.24) is 24.4 Å². The van der Waals surface area contributed by atoms with Crippen LogP contribution in [0, 0.1) is 18.8 Å². The number of imidazole rings is 1. The Bertz CT molecular complexity index is 1620. The number of benzene rings is 2. The quantitative estimate of drug-likeness (QED) is 0.301. The zero-order valence-corrected chi connectivity index (χ0v) is 24.5. The van der Waals surface area contributed by atoms with E-state index in [1.165, 1.54) is 12.1 Å². The summed E-state index contributed by atoms with van der Waals surface area (Å²) in [6.07, 6.45) is -0.371.